The monoisotopic (exact) mass is 244 g/mol. The van der Waals surface area contributed by atoms with Crippen LogP contribution in [0.2, 0.25) is 0 Å². The summed E-state index contributed by atoms with van der Waals surface area (Å²) in [7, 11) is 0. The van der Waals surface area contributed by atoms with E-state index >= 15 is 0 Å². The molecule has 3 N–H and O–H groups in total. The smallest absolute Gasteiger partial charge is 0.0341 e. The molecule has 0 aromatic carbocycles. The first-order valence-corrected chi connectivity index (χ1v) is 7.05. The maximum atomic E-state index is 5.56. The molecule has 0 bridgehead atoms. The number of thiophene rings is 1. The summed E-state index contributed by atoms with van der Waals surface area (Å²) >= 11 is 3.69. The van der Waals surface area contributed by atoms with E-state index in [-0.39, 0.29) is 0 Å². The molecule has 0 spiro atoms. The van der Waals surface area contributed by atoms with Crippen molar-refractivity contribution in [1.29, 1.82) is 0 Å². The lowest BCUT2D eigenvalue weighted by atomic mass is 10.1. The Morgan fingerprint density at radius 1 is 1.53 bits per heavy atom. The van der Waals surface area contributed by atoms with E-state index in [1.54, 1.807) is 11.3 Å². The Morgan fingerprint density at radius 2 is 2.27 bits per heavy atom. The van der Waals surface area contributed by atoms with Crippen molar-refractivity contribution < 1.29 is 0 Å². The summed E-state index contributed by atoms with van der Waals surface area (Å²) in [4.78, 5) is 0. The van der Waals surface area contributed by atoms with E-state index < -0.39 is 0 Å². The Bertz CT molecular complexity index is 265. The Morgan fingerprint density at radius 3 is 2.73 bits per heavy atom. The van der Waals surface area contributed by atoms with E-state index in [2.05, 4.69) is 43.0 Å². The van der Waals surface area contributed by atoms with Crippen LogP contribution in [-0.2, 0) is 6.42 Å². The molecule has 0 aliphatic heterocycles. The number of hydrogen-bond donors (Lipinski definition) is 2. The summed E-state index contributed by atoms with van der Waals surface area (Å²) in [6.45, 7) is 6.70. The molecule has 0 saturated heterocycles. The molecular formula is C11H20N2S2. The third-order valence-corrected chi connectivity index (χ3v) is 4.18. The van der Waals surface area contributed by atoms with Crippen molar-refractivity contribution in [2.75, 3.05) is 5.75 Å². The third-order valence-electron chi connectivity index (χ3n) is 2.02. The molecule has 0 radical (unpaired) electrons. The standard InChI is InChI=1S/C11H20N2S2/c1-11(2,3)15-8-10(13-12)6-9-4-5-14-7-9/h4-5,7,10,13H,6,8,12H2,1-3H3. The van der Waals surface area contributed by atoms with Gasteiger partial charge in [0.05, 0.1) is 0 Å². The fourth-order valence-electron chi connectivity index (χ4n) is 1.21. The second-order valence-electron chi connectivity index (χ2n) is 4.62. The zero-order valence-electron chi connectivity index (χ0n) is 9.62. The van der Waals surface area contributed by atoms with Gasteiger partial charge in [0.2, 0.25) is 0 Å². The van der Waals surface area contributed by atoms with Gasteiger partial charge in [-0.2, -0.15) is 23.1 Å². The summed E-state index contributed by atoms with van der Waals surface area (Å²) < 4.78 is 0.309. The minimum Gasteiger partial charge on any atom is -0.271 e. The van der Waals surface area contributed by atoms with Gasteiger partial charge in [-0.1, -0.05) is 20.8 Å². The van der Waals surface area contributed by atoms with Gasteiger partial charge in [0.15, 0.2) is 0 Å². The van der Waals surface area contributed by atoms with Crippen LogP contribution in [0.25, 0.3) is 0 Å². The average molecular weight is 244 g/mol. The minimum atomic E-state index is 0.309. The van der Waals surface area contributed by atoms with Crippen LogP contribution in [-0.4, -0.2) is 16.5 Å². The molecular weight excluding hydrogens is 224 g/mol. The molecule has 1 rings (SSSR count). The number of nitrogens with two attached hydrogens (primary N) is 1. The lowest BCUT2D eigenvalue weighted by molar-refractivity contribution is 0.574. The lowest BCUT2D eigenvalue weighted by Gasteiger charge is -2.22. The normalized spacial score (nSPS) is 14.1. The molecule has 1 atom stereocenters. The first-order chi connectivity index (χ1) is 7.01. The molecule has 0 aliphatic rings. The Hall–Kier alpha value is -0.0300. The van der Waals surface area contributed by atoms with Crippen molar-refractivity contribution in [2.45, 2.75) is 38.0 Å². The van der Waals surface area contributed by atoms with Gasteiger partial charge < -0.3 is 0 Å². The first-order valence-electron chi connectivity index (χ1n) is 5.12. The fourth-order valence-corrected chi connectivity index (χ4v) is 2.81. The Kier molecular flexibility index (Phi) is 5.12. The van der Waals surface area contributed by atoms with Gasteiger partial charge in [0.25, 0.3) is 0 Å². The van der Waals surface area contributed by atoms with Crippen LogP contribution in [0, 0.1) is 0 Å². The van der Waals surface area contributed by atoms with Crippen LogP contribution >= 0.6 is 23.1 Å². The molecule has 86 valence electrons. The number of hydrogen-bond acceptors (Lipinski definition) is 4. The van der Waals surface area contributed by atoms with Crippen LogP contribution in [0.5, 0.6) is 0 Å². The van der Waals surface area contributed by atoms with Gasteiger partial charge in [-0.3, -0.25) is 11.3 Å². The molecule has 0 fully saturated rings. The second-order valence-corrected chi connectivity index (χ2v) is 7.25. The zero-order valence-corrected chi connectivity index (χ0v) is 11.3. The highest BCUT2D eigenvalue weighted by Gasteiger charge is 2.15. The van der Waals surface area contributed by atoms with E-state index in [1.807, 2.05) is 11.8 Å². The SMILES string of the molecule is CC(C)(C)SCC(Cc1ccsc1)NN. The highest BCUT2D eigenvalue weighted by Crippen LogP contribution is 2.24. The molecule has 1 aromatic rings. The van der Waals surface area contributed by atoms with Crippen molar-refractivity contribution in [3.8, 4) is 0 Å². The van der Waals surface area contributed by atoms with E-state index in [4.69, 9.17) is 5.84 Å². The topological polar surface area (TPSA) is 38.0 Å². The van der Waals surface area contributed by atoms with Crippen LogP contribution in [0.3, 0.4) is 0 Å². The van der Waals surface area contributed by atoms with Gasteiger partial charge in [0.1, 0.15) is 0 Å². The number of thioether (sulfide) groups is 1. The van der Waals surface area contributed by atoms with Crippen LogP contribution < -0.4 is 11.3 Å². The molecule has 0 amide bonds. The average Bonchev–Trinajstić information content (AvgIpc) is 2.63. The Balaban J connectivity index is 2.36. The zero-order chi connectivity index (χ0) is 11.3. The molecule has 0 aliphatic carbocycles. The van der Waals surface area contributed by atoms with Gasteiger partial charge in [-0.15, -0.1) is 0 Å². The van der Waals surface area contributed by atoms with Gasteiger partial charge in [0, 0.05) is 16.5 Å². The summed E-state index contributed by atoms with van der Waals surface area (Å²) in [5.41, 5.74) is 4.27. The minimum absolute atomic E-state index is 0.309. The van der Waals surface area contributed by atoms with Crippen molar-refractivity contribution in [3.63, 3.8) is 0 Å². The molecule has 1 aromatic heterocycles. The predicted octanol–water partition coefficient (Wildman–Crippen LogP) is 2.65. The van der Waals surface area contributed by atoms with Gasteiger partial charge in [-0.05, 0) is 28.8 Å². The van der Waals surface area contributed by atoms with Crippen molar-refractivity contribution in [1.82, 2.24) is 5.43 Å². The van der Waals surface area contributed by atoms with Crippen LogP contribution in [0.1, 0.15) is 26.3 Å². The molecule has 15 heavy (non-hydrogen) atoms. The second kappa shape index (κ2) is 5.89. The van der Waals surface area contributed by atoms with Crippen molar-refractivity contribution in [3.05, 3.63) is 22.4 Å². The third kappa shape index (κ3) is 5.56. The van der Waals surface area contributed by atoms with E-state index in [0.717, 1.165) is 12.2 Å². The summed E-state index contributed by atoms with van der Waals surface area (Å²) in [5.74, 6) is 6.61. The predicted molar refractivity (Wildman–Crippen MR) is 71.3 cm³/mol. The maximum Gasteiger partial charge on any atom is 0.0341 e. The fraction of sp³-hybridized carbons (Fsp3) is 0.636. The summed E-state index contributed by atoms with van der Waals surface area (Å²) in [5, 5.41) is 4.30. The molecule has 4 heteroatoms. The van der Waals surface area contributed by atoms with E-state index in [1.165, 1.54) is 5.56 Å². The van der Waals surface area contributed by atoms with Crippen molar-refractivity contribution >= 4 is 23.1 Å². The quantitative estimate of drug-likeness (QED) is 0.618. The summed E-state index contributed by atoms with van der Waals surface area (Å²) in [6.07, 6.45) is 1.02. The number of hydrazine groups is 1. The van der Waals surface area contributed by atoms with E-state index in [0.29, 0.717) is 10.8 Å². The molecule has 1 heterocycles. The lowest BCUT2D eigenvalue weighted by Crippen LogP contribution is -2.39. The highest BCUT2D eigenvalue weighted by molar-refractivity contribution is 8.00. The van der Waals surface area contributed by atoms with Crippen molar-refractivity contribution in [2.24, 2.45) is 5.84 Å². The molecule has 1 unspecified atom stereocenters. The highest BCUT2D eigenvalue weighted by atomic mass is 32.2. The molecule has 0 saturated carbocycles. The van der Waals surface area contributed by atoms with Gasteiger partial charge in [-0.25, -0.2) is 0 Å². The summed E-state index contributed by atoms with van der Waals surface area (Å²) in [6, 6.07) is 2.53. The Labute approximate surface area is 101 Å². The van der Waals surface area contributed by atoms with Crippen LogP contribution in [0.15, 0.2) is 16.8 Å². The number of rotatable bonds is 5. The van der Waals surface area contributed by atoms with E-state index in [9.17, 15) is 0 Å². The van der Waals surface area contributed by atoms with Crippen LogP contribution in [0.4, 0.5) is 0 Å². The molecule has 2 nitrogen and oxygen atoms in total. The maximum absolute atomic E-state index is 5.56. The van der Waals surface area contributed by atoms with Gasteiger partial charge >= 0.3 is 0 Å². The number of nitrogens with one attached hydrogen (secondary N) is 1. The largest absolute Gasteiger partial charge is 0.271 e. The first kappa shape index (κ1) is 13.0.